The summed E-state index contributed by atoms with van der Waals surface area (Å²) in [5, 5.41) is 3.58. The van der Waals surface area contributed by atoms with E-state index >= 15 is 0 Å². The molecule has 6 nitrogen and oxygen atoms in total. The van der Waals surface area contributed by atoms with Crippen LogP contribution in [0, 0.1) is 0 Å². The van der Waals surface area contributed by atoms with Gasteiger partial charge < -0.3 is 10.3 Å². The standard InChI is InChI=1S/C18H12N4O2S/c23-15-13(3-1-9-19-15)16(24)21-12-7-5-11(6-8-12)17-22-14-4-2-10-20-18(14)25-17/h1-10H,(H,19,23)(H,21,24). The number of carbonyl (C=O) groups is 1. The van der Waals surface area contributed by atoms with Crippen LogP contribution in [0.2, 0.25) is 0 Å². The van der Waals surface area contributed by atoms with Gasteiger partial charge in [-0.25, -0.2) is 9.97 Å². The van der Waals surface area contributed by atoms with Crippen LogP contribution in [0.1, 0.15) is 10.4 Å². The number of pyridine rings is 2. The predicted octanol–water partition coefficient (Wildman–Crippen LogP) is 3.30. The van der Waals surface area contributed by atoms with Crippen LogP contribution < -0.4 is 10.9 Å². The number of benzene rings is 1. The molecule has 0 bridgehead atoms. The van der Waals surface area contributed by atoms with E-state index in [1.165, 1.54) is 23.6 Å². The Balaban J connectivity index is 1.57. The average Bonchev–Trinajstić information content (AvgIpc) is 3.07. The third kappa shape index (κ3) is 3.05. The number of thiazole rings is 1. The van der Waals surface area contributed by atoms with E-state index in [0.717, 1.165) is 20.9 Å². The number of aromatic amines is 1. The maximum Gasteiger partial charge on any atom is 0.261 e. The van der Waals surface area contributed by atoms with E-state index in [1.807, 2.05) is 24.3 Å². The van der Waals surface area contributed by atoms with Crippen molar-refractivity contribution in [1.29, 1.82) is 0 Å². The van der Waals surface area contributed by atoms with Crippen LogP contribution in [0.15, 0.2) is 65.7 Å². The van der Waals surface area contributed by atoms with E-state index < -0.39 is 11.5 Å². The number of rotatable bonds is 3. The first-order chi connectivity index (χ1) is 12.2. The van der Waals surface area contributed by atoms with Gasteiger partial charge in [0, 0.05) is 23.6 Å². The van der Waals surface area contributed by atoms with Crippen molar-refractivity contribution in [2.75, 3.05) is 5.32 Å². The molecule has 4 rings (SSSR count). The van der Waals surface area contributed by atoms with Gasteiger partial charge in [0.1, 0.15) is 20.9 Å². The van der Waals surface area contributed by atoms with Gasteiger partial charge in [-0.2, -0.15) is 0 Å². The minimum absolute atomic E-state index is 0.0730. The molecule has 3 aromatic heterocycles. The molecule has 0 aliphatic heterocycles. The topological polar surface area (TPSA) is 87.7 Å². The first kappa shape index (κ1) is 15.2. The molecule has 1 aromatic carbocycles. The summed E-state index contributed by atoms with van der Waals surface area (Å²) in [7, 11) is 0. The molecule has 25 heavy (non-hydrogen) atoms. The van der Waals surface area contributed by atoms with Gasteiger partial charge >= 0.3 is 0 Å². The summed E-state index contributed by atoms with van der Waals surface area (Å²) < 4.78 is 0. The molecule has 0 spiro atoms. The SMILES string of the molecule is O=C(Nc1ccc(-c2nc3cccnc3s2)cc1)c1ccc[nH]c1=O. The summed E-state index contributed by atoms with van der Waals surface area (Å²) in [5.41, 5.74) is 2.07. The average molecular weight is 348 g/mol. The number of amides is 1. The van der Waals surface area contributed by atoms with E-state index in [1.54, 1.807) is 24.4 Å². The van der Waals surface area contributed by atoms with E-state index in [2.05, 4.69) is 20.3 Å². The van der Waals surface area contributed by atoms with Crippen molar-refractivity contribution in [3.8, 4) is 10.6 Å². The highest BCUT2D eigenvalue weighted by atomic mass is 32.1. The number of H-pyrrole nitrogens is 1. The number of anilines is 1. The maximum atomic E-state index is 12.2. The second kappa shape index (κ2) is 6.29. The molecule has 2 N–H and O–H groups in total. The Morgan fingerprint density at radius 3 is 2.68 bits per heavy atom. The van der Waals surface area contributed by atoms with Crippen molar-refractivity contribution in [1.82, 2.24) is 15.0 Å². The molecule has 0 unspecified atom stereocenters. The monoisotopic (exact) mass is 348 g/mol. The molecule has 0 saturated heterocycles. The van der Waals surface area contributed by atoms with Crippen molar-refractivity contribution in [3.63, 3.8) is 0 Å². The highest BCUT2D eigenvalue weighted by Gasteiger charge is 2.11. The number of hydrogen-bond acceptors (Lipinski definition) is 5. The molecule has 0 fully saturated rings. The molecule has 7 heteroatoms. The van der Waals surface area contributed by atoms with Gasteiger partial charge in [-0.15, -0.1) is 0 Å². The van der Waals surface area contributed by atoms with Crippen LogP contribution in [0.4, 0.5) is 5.69 Å². The first-order valence-corrected chi connectivity index (χ1v) is 8.33. The minimum atomic E-state index is -0.446. The Bertz CT molecular complexity index is 1080. The quantitative estimate of drug-likeness (QED) is 0.595. The fourth-order valence-corrected chi connectivity index (χ4v) is 3.30. The van der Waals surface area contributed by atoms with E-state index in [0.29, 0.717) is 5.69 Å². The van der Waals surface area contributed by atoms with Gasteiger partial charge in [0.15, 0.2) is 0 Å². The van der Waals surface area contributed by atoms with Crippen molar-refractivity contribution in [3.05, 3.63) is 76.8 Å². The molecule has 4 aromatic rings. The lowest BCUT2D eigenvalue weighted by atomic mass is 10.2. The number of hydrogen-bond donors (Lipinski definition) is 2. The van der Waals surface area contributed by atoms with Gasteiger partial charge in [0.25, 0.3) is 11.5 Å². The minimum Gasteiger partial charge on any atom is -0.328 e. The Kier molecular flexibility index (Phi) is 3.83. The second-order valence-corrected chi connectivity index (χ2v) is 6.27. The zero-order valence-electron chi connectivity index (χ0n) is 12.9. The van der Waals surface area contributed by atoms with Crippen molar-refractivity contribution in [2.24, 2.45) is 0 Å². The fraction of sp³-hybridized carbons (Fsp3) is 0. The lowest BCUT2D eigenvalue weighted by molar-refractivity contribution is 0.102. The van der Waals surface area contributed by atoms with Crippen molar-refractivity contribution < 1.29 is 4.79 Å². The largest absolute Gasteiger partial charge is 0.328 e. The Morgan fingerprint density at radius 1 is 1.08 bits per heavy atom. The summed E-state index contributed by atoms with van der Waals surface area (Å²) in [5.74, 6) is -0.446. The Hall–Kier alpha value is -3.32. The smallest absolute Gasteiger partial charge is 0.261 e. The van der Waals surface area contributed by atoms with E-state index in [9.17, 15) is 9.59 Å². The van der Waals surface area contributed by atoms with Crippen molar-refractivity contribution in [2.45, 2.75) is 0 Å². The van der Waals surface area contributed by atoms with Crippen LogP contribution in [-0.4, -0.2) is 20.9 Å². The highest BCUT2D eigenvalue weighted by molar-refractivity contribution is 7.21. The second-order valence-electron chi connectivity index (χ2n) is 5.29. The lowest BCUT2D eigenvalue weighted by Crippen LogP contribution is -2.22. The summed E-state index contributed by atoms with van der Waals surface area (Å²) >= 11 is 1.51. The summed E-state index contributed by atoms with van der Waals surface area (Å²) in [6.45, 7) is 0. The van der Waals surface area contributed by atoms with Gasteiger partial charge in [0.2, 0.25) is 0 Å². The third-order valence-corrected chi connectivity index (χ3v) is 4.65. The number of aromatic nitrogens is 3. The molecule has 0 aliphatic rings. The Labute approximate surface area is 146 Å². The first-order valence-electron chi connectivity index (χ1n) is 7.52. The zero-order chi connectivity index (χ0) is 17.2. The third-order valence-electron chi connectivity index (χ3n) is 3.62. The molecule has 0 aliphatic carbocycles. The number of nitrogens with zero attached hydrogens (tertiary/aromatic N) is 2. The Morgan fingerprint density at radius 2 is 1.92 bits per heavy atom. The molecule has 0 atom stereocenters. The van der Waals surface area contributed by atoms with Gasteiger partial charge in [-0.3, -0.25) is 9.59 Å². The summed E-state index contributed by atoms with van der Waals surface area (Å²) in [4.78, 5) is 36.0. The predicted molar refractivity (Wildman–Crippen MR) is 97.9 cm³/mol. The van der Waals surface area contributed by atoms with Gasteiger partial charge in [0.05, 0.1) is 0 Å². The van der Waals surface area contributed by atoms with Crippen molar-refractivity contribution >= 4 is 33.3 Å². The zero-order valence-corrected chi connectivity index (χ0v) is 13.7. The molecule has 1 amide bonds. The van der Waals surface area contributed by atoms with Gasteiger partial charge in [-0.1, -0.05) is 11.3 Å². The lowest BCUT2D eigenvalue weighted by Gasteiger charge is -2.05. The van der Waals surface area contributed by atoms with Crippen LogP contribution in [0.5, 0.6) is 0 Å². The highest BCUT2D eigenvalue weighted by Crippen LogP contribution is 2.29. The van der Waals surface area contributed by atoms with Crippen LogP contribution in [-0.2, 0) is 0 Å². The molecular weight excluding hydrogens is 336 g/mol. The molecule has 3 heterocycles. The van der Waals surface area contributed by atoms with E-state index in [-0.39, 0.29) is 5.56 Å². The molecule has 0 saturated carbocycles. The van der Waals surface area contributed by atoms with E-state index in [4.69, 9.17) is 0 Å². The number of nitrogens with one attached hydrogen (secondary N) is 2. The van der Waals surface area contributed by atoms with Gasteiger partial charge in [-0.05, 0) is 48.5 Å². The number of fused-ring (bicyclic) bond motifs is 1. The molecule has 0 radical (unpaired) electrons. The normalized spacial score (nSPS) is 10.7. The van der Waals surface area contributed by atoms with Crippen LogP contribution in [0.25, 0.3) is 20.9 Å². The molecular formula is C18H12N4O2S. The molecule has 122 valence electrons. The van der Waals surface area contributed by atoms with Crippen LogP contribution >= 0.6 is 11.3 Å². The summed E-state index contributed by atoms with van der Waals surface area (Å²) in [6, 6.07) is 14.2. The fourth-order valence-electron chi connectivity index (χ4n) is 2.39. The van der Waals surface area contributed by atoms with Crippen LogP contribution in [0.3, 0.4) is 0 Å². The maximum absolute atomic E-state index is 12.2. The summed E-state index contributed by atoms with van der Waals surface area (Å²) in [6.07, 6.45) is 3.23. The number of carbonyl (C=O) groups excluding carboxylic acids is 1.